The minimum Gasteiger partial charge on any atom is -0.444 e. The van der Waals surface area contributed by atoms with E-state index in [0.29, 0.717) is 5.69 Å². The lowest BCUT2D eigenvalue weighted by Crippen LogP contribution is -2.60. The summed E-state index contributed by atoms with van der Waals surface area (Å²) in [4.78, 5) is 92.3. The van der Waals surface area contributed by atoms with Crippen LogP contribution in [-0.4, -0.2) is 89.7 Å². The fourth-order valence-electron chi connectivity index (χ4n) is 4.36. The molecule has 0 unspecified atom stereocenters. The second-order valence-electron chi connectivity index (χ2n) is 13.4. The lowest BCUT2D eigenvalue weighted by atomic mass is 9.99. The number of amides is 6. The fourth-order valence-corrected chi connectivity index (χ4v) is 4.36. The number of ether oxygens (including phenoxy) is 1. The van der Waals surface area contributed by atoms with E-state index in [1.807, 2.05) is 0 Å². The Balaban J connectivity index is 2.21. The minimum atomic E-state index is -1.47. The molecule has 0 aromatic heterocycles. The van der Waals surface area contributed by atoms with E-state index in [2.05, 4.69) is 26.6 Å². The van der Waals surface area contributed by atoms with Gasteiger partial charge >= 0.3 is 6.09 Å². The number of alkyl carbamates (subject to hydrolysis) is 1. The van der Waals surface area contributed by atoms with Gasteiger partial charge in [0, 0.05) is 19.8 Å². The van der Waals surface area contributed by atoms with Gasteiger partial charge in [0.05, 0.1) is 6.42 Å². The van der Waals surface area contributed by atoms with Crippen LogP contribution in [-0.2, 0) is 33.5 Å². The lowest BCUT2D eigenvalue weighted by molar-refractivity contribution is -0.140. The first-order chi connectivity index (χ1) is 21.3. The van der Waals surface area contributed by atoms with Gasteiger partial charge in [0.1, 0.15) is 29.3 Å². The standard InChI is InChI=1S/C32H48N6O8/c1-18(2)23(35-28(43)24(19(3)4)36-30(45)46-31(5,6)7)27(42)34-21(17-22(39)38(8)9)26(41)37-32(15-16-32)25(40)29(44)33-20-13-11-10-12-14-20/h10-14,18-19,21,23-24H,15-17H2,1-9H3,(H,33,44)(H,34,42)(H,35,43)(H,36,45)(H,37,41)/t21-,23-,24-/m0/s1. The number of hydrogen-bond donors (Lipinski definition) is 5. The van der Waals surface area contributed by atoms with Crippen molar-refractivity contribution >= 4 is 47.1 Å². The maximum absolute atomic E-state index is 13.5. The quantitative estimate of drug-likeness (QED) is 0.188. The van der Waals surface area contributed by atoms with E-state index in [0.717, 1.165) is 0 Å². The molecule has 14 heteroatoms. The summed E-state index contributed by atoms with van der Waals surface area (Å²) in [6.07, 6.45) is -0.840. The van der Waals surface area contributed by atoms with Crippen molar-refractivity contribution in [1.82, 2.24) is 26.2 Å². The van der Waals surface area contributed by atoms with Crippen molar-refractivity contribution in [3.8, 4) is 0 Å². The average Bonchev–Trinajstić information content (AvgIpc) is 3.72. The fraction of sp³-hybridized carbons (Fsp3) is 0.594. The van der Waals surface area contributed by atoms with Crippen molar-refractivity contribution < 1.29 is 38.3 Å². The number of carbonyl (C=O) groups is 7. The Bertz CT molecular complexity index is 1300. The van der Waals surface area contributed by atoms with Gasteiger partial charge in [-0.15, -0.1) is 0 Å². The van der Waals surface area contributed by atoms with Gasteiger partial charge in [-0.25, -0.2) is 4.79 Å². The topological polar surface area (TPSA) is 192 Å². The third-order valence-electron chi connectivity index (χ3n) is 7.16. The summed E-state index contributed by atoms with van der Waals surface area (Å²) in [5, 5.41) is 12.8. The Kier molecular flexibility index (Phi) is 12.8. The first-order valence-electron chi connectivity index (χ1n) is 15.3. The molecular formula is C32H48N6O8. The van der Waals surface area contributed by atoms with Gasteiger partial charge in [0.2, 0.25) is 29.4 Å². The normalized spacial score (nSPS) is 15.5. The number of rotatable bonds is 14. The van der Waals surface area contributed by atoms with Crippen LogP contribution in [0.3, 0.4) is 0 Å². The zero-order chi connectivity index (χ0) is 35.0. The van der Waals surface area contributed by atoms with E-state index in [-0.39, 0.29) is 18.8 Å². The van der Waals surface area contributed by atoms with Crippen LogP contribution < -0.4 is 26.6 Å². The molecule has 0 saturated heterocycles. The monoisotopic (exact) mass is 644 g/mol. The number of para-hydroxylation sites is 1. The lowest BCUT2D eigenvalue weighted by Gasteiger charge is -2.29. The number of nitrogens with zero attached hydrogens (tertiary/aromatic N) is 1. The van der Waals surface area contributed by atoms with Crippen molar-refractivity contribution in [2.24, 2.45) is 11.8 Å². The molecule has 5 N–H and O–H groups in total. The molecule has 6 amide bonds. The van der Waals surface area contributed by atoms with Crippen LogP contribution >= 0.6 is 0 Å². The van der Waals surface area contributed by atoms with Gasteiger partial charge in [0.15, 0.2) is 0 Å². The molecule has 0 spiro atoms. The van der Waals surface area contributed by atoms with E-state index in [1.165, 1.54) is 19.0 Å². The maximum Gasteiger partial charge on any atom is 0.408 e. The Morgan fingerprint density at radius 3 is 1.80 bits per heavy atom. The van der Waals surface area contributed by atoms with Crippen LogP contribution in [0.5, 0.6) is 0 Å². The second kappa shape index (κ2) is 15.7. The molecule has 0 heterocycles. The third kappa shape index (κ3) is 11.1. The molecule has 1 saturated carbocycles. The number of anilines is 1. The van der Waals surface area contributed by atoms with Crippen molar-refractivity contribution in [3.05, 3.63) is 30.3 Å². The van der Waals surface area contributed by atoms with E-state index >= 15 is 0 Å². The number of benzene rings is 1. The summed E-state index contributed by atoms with van der Waals surface area (Å²) in [5.74, 6) is -5.31. The first-order valence-corrected chi connectivity index (χ1v) is 15.3. The molecule has 1 aromatic carbocycles. The number of Topliss-reactive ketones (excluding diaryl/α,β-unsaturated/α-hetero) is 1. The molecule has 0 bridgehead atoms. The second-order valence-corrected chi connectivity index (χ2v) is 13.4. The van der Waals surface area contributed by atoms with Crippen LogP contribution in [0.1, 0.15) is 67.7 Å². The summed E-state index contributed by atoms with van der Waals surface area (Å²) in [5.41, 5.74) is -1.85. The van der Waals surface area contributed by atoms with Crippen molar-refractivity contribution in [3.63, 3.8) is 0 Å². The molecule has 0 radical (unpaired) electrons. The minimum absolute atomic E-state index is 0.202. The summed E-state index contributed by atoms with van der Waals surface area (Å²) >= 11 is 0. The highest BCUT2D eigenvalue weighted by Gasteiger charge is 2.54. The zero-order valence-corrected chi connectivity index (χ0v) is 28.1. The largest absolute Gasteiger partial charge is 0.444 e. The molecule has 2 rings (SSSR count). The van der Waals surface area contributed by atoms with Gasteiger partial charge in [0.25, 0.3) is 5.91 Å². The van der Waals surface area contributed by atoms with Gasteiger partial charge in [-0.1, -0.05) is 45.9 Å². The third-order valence-corrected chi connectivity index (χ3v) is 7.16. The van der Waals surface area contributed by atoms with E-state index in [1.54, 1.807) is 78.8 Å². The summed E-state index contributed by atoms with van der Waals surface area (Å²) in [7, 11) is 2.97. The van der Waals surface area contributed by atoms with Crippen molar-refractivity contribution in [1.29, 1.82) is 0 Å². The van der Waals surface area contributed by atoms with Gasteiger partial charge in [-0.2, -0.15) is 0 Å². The Morgan fingerprint density at radius 1 is 0.804 bits per heavy atom. The van der Waals surface area contributed by atoms with Crippen LogP contribution in [0.4, 0.5) is 10.5 Å². The van der Waals surface area contributed by atoms with Crippen molar-refractivity contribution in [2.75, 3.05) is 19.4 Å². The zero-order valence-electron chi connectivity index (χ0n) is 28.1. The highest BCUT2D eigenvalue weighted by molar-refractivity contribution is 6.44. The Labute approximate surface area is 270 Å². The number of nitrogens with one attached hydrogen (secondary N) is 5. The molecule has 1 fully saturated rings. The van der Waals surface area contributed by atoms with Crippen LogP contribution in [0.15, 0.2) is 30.3 Å². The van der Waals surface area contributed by atoms with Gasteiger partial charge < -0.3 is 36.2 Å². The molecule has 254 valence electrons. The molecular weight excluding hydrogens is 596 g/mol. The average molecular weight is 645 g/mol. The van der Waals surface area contributed by atoms with E-state index in [4.69, 9.17) is 4.74 Å². The highest BCUT2D eigenvalue weighted by Crippen LogP contribution is 2.37. The molecule has 14 nitrogen and oxygen atoms in total. The maximum atomic E-state index is 13.5. The smallest absolute Gasteiger partial charge is 0.408 e. The predicted octanol–water partition coefficient (Wildman–Crippen LogP) is 1.50. The van der Waals surface area contributed by atoms with E-state index in [9.17, 15) is 33.6 Å². The van der Waals surface area contributed by atoms with Crippen molar-refractivity contribution in [2.45, 2.75) is 97.0 Å². The summed E-state index contributed by atoms with van der Waals surface area (Å²) < 4.78 is 5.27. The van der Waals surface area contributed by atoms with Crippen LogP contribution in [0.2, 0.25) is 0 Å². The first kappa shape index (κ1) is 37.7. The molecule has 46 heavy (non-hydrogen) atoms. The SMILES string of the molecule is CC(C)[C@H](NC(=O)OC(C)(C)C)C(=O)N[C@H](C(=O)N[C@@H](CC(=O)N(C)C)C(=O)NC1(C(=O)C(=O)Nc2ccccc2)CC1)C(C)C. The summed E-state index contributed by atoms with van der Waals surface area (Å²) in [6.45, 7) is 11.8. The number of hydrogen-bond acceptors (Lipinski definition) is 8. The molecule has 3 atom stereocenters. The number of ketones is 1. The van der Waals surface area contributed by atoms with Crippen LogP contribution in [0.25, 0.3) is 0 Å². The van der Waals surface area contributed by atoms with Gasteiger partial charge in [-0.05, 0) is 57.6 Å². The van der Waals surface area contributed by atoms with E-state index < -0.39 is 83.0 Å². The van der Waals surface area contributed by atoms with Gasteiger partial charge in [-0.3, -0.25) is 28.8 Å². The predicted molar refractivity (Wildman–Crippen MR) is 170 cm³/mol. The molecule has 1 aromatic rings. The molecule has 1 aliphatic carbocycles. The Morgan fingerprint density at radius 2 is 1.33 bits per heavy atom. The highest BCUT2D eigenvalue weighted by atomic mass is 16.6. The summed E-state index contributed by atoms with van der Waals surface area (Å²) in [6, 6.07) is 4.74. The number of carbonyl (C=O) groups excluding carboxylic acids is 7. The van der Waals surface area contributed by atoms with Crippen LogP contribution in [0, 0.1) is 11.8 Å². The molecule has 1 aliphatic rings. The molecule has 0 aliphatic heterocycles. The Hall–Kier alpha value is -4.49.